The number of carboxylic acids is 1. The van der Waals surface area contributed by atoms with E-state index >= 15 is 4.39 Å². The first-order chi connectivity index (χ1) is 62.2. The molecule has 0 aliphatic carbocycles. The second-order valence-electron chi connectivity index (χ2n) is 33.5. The molecule has 0 radical (unpaired) electrons. The third-order valence-electron chi connectivity index (χ3n) is 24.5. The van der Waals surface area contributed by atoms with Gasteiger partial charge in [-0.3, -0.25) is 92.6 Å². The van der Waals surface area contributed by atoms with Crippen molar-refractivity contribution in [2.75, 3.05) is 79.1 Å². The number of alkyl halides is 6. The van der Waals surface area contributed by atoms with Crippen molar-refractivity contribution in [2.24, 2.45) is 5.73 Å². The minimum Gasteiger partial charge on any atom is -0.478 e. The molecule has 4 saturated heterocycles. The number of anilines is 5. The zero-order chi connectivity index (χ0) is 94.8. The highest BCUT2D eigenvalue weighted by Crippen LogP contribution is 2.42. The van der Waals surface area contributed by atoms with Crippen LogP contribution >= 0.6 is 0 Å². The Morgan fingerprint density at radius 3 is 1.36 bits per heavy atom. The van der Waals surface area contributed by atoms with Gasteiger partial charge in [-0.2, -0.15) is 26.3 Å². The average Bonchev–Trinajstić information content (AvgIpc) is 1.61. The zero-order valence-electron chi connectivity index (χ0n) is 72.7. The van der Waals surface area contributed by atoms with E-state index in [1.807, 2.05) is 57.7 Å². The average molecular weight is 1820 g/mol. The van der Waals surface area contributed by atoms with Crippen molar-refractivity contribution < 1.29 is 97.8 Å². The molecular formula is C94H100F8N14O15. The molecule has 131 heavy (non-hydrogen) atoms. The van der Waals surface area contributed by atoms with Crippen molar-refractivity contribution in [2.45, 2.75) is 179 Å². The number of fused-ring (bicyclic) bond motifs is 2. The number of unbranched alkanes of at least 4 members (excludes halogenated alkanes) is 8. The number of piperazine rings is 2. The van der Waals surface area contributed by atoms with Gasteiger partial charge in [-0.25, -0.2) is 13.6 Å². The molecule has 6 aliphatic heterocycles. The molecule has 6 aromatic carbocycles. The maximum Gasteiger partial charge on any atom is 0.417 e. The number of aromatic nitrogens is 2. The largest absolute Gasteiger partial charge is 0.478 e. The molecule has 10 amide bonds. The smallest absolute Gasteiger partial charge is 0.417 e. The summed E-state index contributed by atoms with van der Waals surface area (Å²) in [5.41, 5.74) is 3.55. The topological polar surface area (TPSA) is 396 Å². The van der Waals surface area contributed by atoms with Crippen molar-refractivity contribution in [1.29, 1.82) is 0 Å². The first kappa shape index (κ1) is 96.7. The number of benzene rings is 6. The van der Waals surface area contributed by atoms with Crippen LogP contribution in [-0.2, 0) is 38.0 Å². The molecule has 2 aromatic heterocycles. The Hall–Kier alpha value is -13.4. The summed E-state index contributed by atoms with van der Waals surface area (Å²) in [7, 11) is 3.97. The number of aromatic carboxylic acids is 1. The molecule has 8 aromatic rings. The SMILES string of the molecule is C[C@@H]1CN(c2ccc(-c3ccc(C(=O)CCCCCCCNc4cccc5c4C(=O)N(C4CCC(=O)NC4=O)C5=O)cc3F)cc2NC(=O)c2c[nH]c(=O)cc2C(F)(F)F)C[C@H](C)N1C.C[C@@H]1CN(c2ccc(-c3ccc(C(=O)O)cc3F)cc2NC(=O)c2c[nH]c(=O)cc2C(F)(F)F)C[C@H](C)N1C.NCCCCCCCc1cccc2c1C(=O)N(C1CCC(=O)NC1=O)C2=O. The van der Waals surface area contributed by atoms with Crippen molar-refractivity contribution in [3.63, 3.8) is 0 Å². The molecule has 6 aliphatic rings. The number of carbonyl (C=O) groups excluding carboxylic acids is 11. The molecule has 37 heteroatoms. The number of nitrogens with two attached hydrogens (primary N) is 1. The molecule has 6 atom stereocenters. The zero-order valence-corrected chi connectivity index (χ0v) is 72.7. The Labute approximate surface area is 747 Å². The lowest BCUT2D eigenvalue weighted by atomic mass is 9.97. The van der Waals surface area contributed by atoms with Crippen LogP contribution in [-0.4, -0.2) is 195 Å². The van der Waals surface area contributed by atoms with E-state index in [1.165, 1.54) is 42.5 Å². The summed E-state index contributed by atoms with van der Waals surface area (Å²) in [6.07, 6.45) is 1.60. The van der Waals surface area contributed by atoms with E-state index in [2.05, 4.69) is 46.4 Å². The number of Topliss-reactive ketones (excluding diaryl/α,β-unsaturated/α-hetero) is 1. The first-order valence-corrected chi connectivity index (χ1v) is 43.2. The number of hydrogen-bond donors (Lipinski definition) is 9. The number of carbonyl (C=O) groups is 12. The van der Waals surface area contributed by atoms with Crippen LogP contribution in [0.5, 0.6) is 0 Å². The minimum absolute atomic E-state index is 0.0289. The van der Waals surface area contributed by atoms with Crippen molar-refractivity contribution in [3.8, 4) is 22.3 Å². The van der Waals surface area contributed by atoms with Gasteiger partial charge in [-0.05, 0) is 171 Å². The number of hydrogen-bond acceptors (Lipinski definition) is 20. The molecule has 14 rings (SSSR count). The fourth-order valence-corrected chi connectivity index (χ4v) is 17.1. The van der Waals surface area contributed by atoms with E-state index in [-0.39, 0.29) is 118 Å². The summed E-state index contributed by atoms with van der Waals surface area (Å²) in [5.74, 6) is -9.42. The summed E-state index contributed by atoms with van der Waals surface area (Å²) >= 11 is 0. The normalized spacial score (nSPS) is 18.9. The number of H-pyrrole nitrogens is 2. The standard InChI is InChI=1S/C47H49F4N7O7.C27H26F4N4O4.C20H25N3O4/c1-26-24-57(25-27(2)56(26)3)37-16-14-28(21-36(37)54-43(62)32-23-53-41(61)22-33(32)47(49,50)51)30-15-13-29(20-34(30)48)39(59)12-7-5-4-6-8-19-52-35-11-9-10-31-42(35)46(65)58(45(31)64)38-17-18-40(60)55-44(38)63;1-14-12-35(13-15(2)34(14)3)23-7-5-16(18-6-4-17(26(38)39)8-21(18)28)9-22(23)33-25(37)19-11-32-24(36)10-20(19)27(29,30)31;21-12-5-3-1-2-4-7-13-8-6-9-14-17(13)20(27)23(19(14)26)15-10-11-16(24)22-18(15)25/h9-11,13-16,20-23,26-27,38,52H,4-8,12,17-19,24-25H2,1-3H3,(H,53,61)(H,54,62)(H,55,60,63);4-11,14-15H,12-13H2,1-3H3,(H,32,36)(H,33,37)(H,38,39);6,8-9,15H,1-5,7,10-12,21H2,(H,22,24,25)/t26-,27+,38?;14-,15+;. The number of amides is 10. The first-order valence-electron chi connectivity index (χ1n) is 43.2. The molecule has 0 spiro atoms. The third kappa shape index (κ3) is 22.4. The molecule has 4 fully saturated rings. The monoisotopic (exact) mass is 1820 g/mol. The van der Waals surface area contributed by atoms with Gasteiger partial charge in [0.1, 0.15) is 23.7 Å². The number of aromatic amines is 2. The van der Waals surface area contributed by atoms with Crippen LogP contribution in [0, 0.1) is 11.6 Å². The molecule has 692 valence electrons. The highest BCUT2D eigenvalue weighted by Gasteiger charge is 2.48. The molecule has 29 nitrogen and oxygen atoms in total. The molecule has 10 N–H and O–H groups in total. The van der Waals surface area contributed by atoms with Crippen LogP contribution < -0.4 is 53.2 Å². The summed E-state index contributed by atoms with van der Waals surface area (Å²) < 4.78 is 113. The number of imide groups is 4. The van der Waals surface area contributed by atoms with E-state index in [0.717, 1.165) is 85.3 Å². The van der Waals surface area contributed by atoms with Crippen LogP contribution in [0.15, 0.2) is 143 Å². The second-order valence-corrected chi connectivity index (χ2v) is 33.5. The van der Waals surface area contributed by atoms with Crippen LogP contribution in [0.4, 0.5) is 63.6 Å². The highest BCUT2D eigenvalue weighted by atomic mass is 19.4. The predicted octanol–water partition coefficient (Wildman–Crippen LogP) is 13.2. The van der Waals surface area contributed by atoms with Crippen molar-refractivity contribution in [1.82, 2.24) is 40.2 Å². The highest BCUT2D eigenvalue weighted by molar-refractivity contribution is 6.26. The van der Waals surface area contributed by atoms with Gasteiger partial charge in [0, 0.05) is 123 Å². The van der Waals surface area contributed by atoms with Gasteiger partial charge in [0.25, 0.3) is 35.4 Å². The van der Waals surface area contributed by atoms with Gasteiger partial charge in [0.2, 0.25) is 34.7 Å². The number of ketones is 1. The summed E-state index contributed by atoms with van der Waals surface area (Å²) in [4.78, 5) is 188. The van der Waals surface area contributed by atoms with E-state index in [9.17, 15) is 97.9 Å². The molecule has 2 unspecified atom stereocenters. The Kier molecular flexibility index (Phi) is 30.7. The van der Waals surface area contributed by atoms with E-state index in [0.29, 0.717) is 110 Å². The Balaban J connectivity index is 0.000000198. The third-order valence-corrected chi connectivity index (χ3v) is 24.5. The van der Waals surface area contributed by atoms with Crippen molar-refractivity contribution in [3.05, 3.63) is 227 Å². The quantitative estimate of drug-likeness (QED) is 0.00951. The Bertz CT molecular complexity index is 5900. The summed E-state index contributed by atoms with van der Waals surface area (Å²) in [6.45, 7) is 11.5. The number of piperidine rings is 2. The number of pyridine rings is 2. The van der Waals surface area contributed by atoms with Crippen LogP contribution in [0.2, 0.25) is 0 Å². The lowest BCUT2D eigenvalue weighted by Gasteiger charge is -2.44. The summed E-state index contributed by atoms with van der Waals surface area (Å²) in [5, 5.41) is 21.9. The molecule has 0 saturated carbocycles. The molecule has 0 bridgehead atoms. The minimum atomic E-state index is -4.98. The summed E-state index contributed by atoms with van der Waals surface area (Å²) in [6, 6.07) is 26.2. The van der Waals surface area contributed by atoms with Gasteiger partial charge in [0.15, 0.2) is 5.78 Å². The number of halogens is 8. The number of carboxylic acid groups (broad SMARTS) is 1. The van der Waals surface area contributed by atoms with Gasteiger partial charge in [0.05, 0.1) is 72.8 Å². The number of aryl methyl sites for hydroxylation is 1. The van der Waals surface area contributed by atoms with Gasteiger partial charge < -0.3 is 46.6 Å². The van der Waals surface area contributed by atoms with Gasteiger partial charge in [-0.15, -0.1) is 0 Å². The molecular weight excluding hydrogens is 1720 g/mol. The Morgan fingerprint density at radius 2 is 0.901 bits per heavy atom. The van der Waals surface area contributed by atoms with E-state index < -0.39 is 129 Å². The van der Waals surface area contributed by atoms with E-state index in [1.54, 1.807) is 48.5 Å². The van der Waals surface area contributed by atoms with Crippen LogP contribution in [0.25, 0.3) is 22.3 Å². The van der Waals surface area contributed by atoms with Crippen molar-refractivity contribution >= 4 is 99.3 Å². The van der Waals surface area contributed by atoms with Gasteiger partial charge >= 0.3 is 18.3 Å². The Morgan fingerprint density at radius 1 is 0.473 bits per heavy atom. The number of likely N-dealkylation sites (N-methyl/N-ethyl adjacent to an activating group) is 2. The van der Waals surface area contributed by atoms with E-state index in [4.69, 9.17) is 10.8 Å². The van der Waals surface area contributed by atoms with Gasteiger partial charge in [-0.1, -0.05) is 87.1 Å². The number of nitrogens with one attached hydrogen (secondary N) is 7. The fraction of sp³-hybridized carbons (Fsp3) is 0.383. The number of rotatable bonds is 28. The maximum absolute atomic E-state index is 15.8. The fourth-order valence-electron chi connectivity index (χ4n) is 17.1. The lowest BCUT2D eigenvalue weighted by Crippen LogP contribution is -2.55. The van der Waals surface area contributed by atoms with Crippen LogP contribution in [0.3, 0.4) is 0 Å². The second kappa shape index (κ2) is 41.6. The maximum atomic E-state index is 15.8. The lowest BCUT2D eigenvalue weighted by molar-refractivity contribution is -0.138. The molecule has 8 heterocycles. The predicted molar refractivity (Wildman–Crippen MR) is 471 cm³/mol. The van der Waals surface area contributed by atoms with Crippen LogP contribution in [0.1, 0.15) is 224 Å². The number of nitrogens with zero attached hydrogens (tertiary/aromatic N) is 6.